The number of benzene rings is 1. The van der Waals surface area contributed by atoms with Gasteiger partial charge in [0.25, 0.3) is 5.56 Å². The number of hydrogen-bond acceptors (Lipinski definition) is 7. The van der Waals surface area contributed by atoms with Crippen LogP contribution in [0.2, 0.25) is 0 Å². The average Bonchev–Trinajstić information content (AvgIpc) is 3.36. The highest BCUT2D eigenvalue weighted by molar-refractivity contribution is 7.10. The summed E-state index contributed by atoms with van der Waals surface area (Å²) in [6.45, 7) is 5.39. The van der Waals surface area contributed by atoms with Gasteiger partial charge in [0, 0.05) is 10.4 Å². The smallest absolute Gasteiger partial charge is 0.338 e. The average molecular weight is 455 g/mol. The van der Waals surface area contributed by atoms with Crippen molar-refractivity contribution >= 4 is 34.7 Å². The molecule has 0 amide bonds. The van der Waals surface area contributed by atoms with Crippen LogP contribution >= 0.6 is 22.7 Å². The van der Waals surface area contributed by atoms with Crippen molar-refractivity contribution in [2.24, 2.45) is 4.99 Å². The van der Waals surface area contributed by atoms with E-state index in [0.717, 1.165) is 10.4 Å². The fourth-order valence-corrected chi connectivity index (χ4v) is 5.36. The number of esters is 1. The number of thiazole rings is 1. The summed E-state index contributed by atoms with van der Waals surface area (Å²) in [5.41, 5.74) is 1.56. The lowest BCUT2D eigenvalue weighted by molar-refractivity contribution is -0.143. The molecular weight excluding hydrogens is 432 g/mol. The number of carbonyl (C=O) groups excluding carboxylic acids is 1. The number of thiophene rings is 1. The zero-order valence-electron chi connectivity index (χ0n) is 17.6. The first-order valence-electron chi connectivity index (χ1n) is 9.80. The van der Waals surface area contributed by atoms with Gasteiger partial charge in [-0.3, -0.25) is 9.36 Å². The van der Waals surface area contributed by atoms with Crippen LogP contribution in [0.1, 0.15) is 37.3 Å². The molecule has 0 aliphatic carbocycles. The molecule has 1 atom stereocenters. The number of fused-ring (bicyclic) bond motifs is 1. The summed E-state index contributed by atoms with van der Waals surface area (Å²) in [7, 11) is 1.60. The second kappa shape index (κ2) is 8.64. The maximum atomic E-state index is 13.5. The lowest BCUT2D eigenvalue weighted by Crippen LogP contribution is -2.39. The van der Waals surface area contributed by atoms with Gasteiger partial charge in [0.1, 0.15) is 11.8 Å². The fourth-order valence-electron chi connectivity index (χ4n) is 3.50. The summed E-state index contributed by atoms with van der Waals surface area (Å²) in [5.74, 6) is 0.231. The van der Waals surface area contributed by atoms with E-state index in [1.54, 1.807) is 38.5 Å². The van der Waals surface area contributed by atoms with E-state index in [4.69, 9.17) is 9.47 Å². The highest BCUT2D eigenvalue weighted by Gasteiger charge is 2.34. The molecule has 4 rings (SSSR count). The van der Waals surface area contributed by atoms with E-state index in [1.807, 2.05) is 41.8 Å². The number of methoxy groups -OCH3 is 1. The molecule has 3 heterocycles. The van der Waals surface area contributed by atoms with Gasteiger partial charge in [-0.15, -0.1) is 11.3 Å². The highest BCUT2D eigenvalue weighted by Crippen LogP contribution is 2.33. The Morgan fingerprint density at radius 2 is 2.00 bits per heavy atom. The molecule has 0 fully saturated rings. The third kappa shape index (κ3) is 4.00. The Kier molecular flexibility index (Phi) is 5.93. The Morgan fingerprint density at radius 1 is 1.23 bits per heavy atom. The second-order valence-electron chi connectivity index (χ2n) is 7.29. The van der Waals surface area contributed by atoms with Crippen LogP contribution < -0.4 is 19.6 Å². The standard InChI is InChI=1S/C23H22N2O4S2/c1-13(2)29-22(27)19-14(3)24-23-25(20(19)17-10-7-11-30-17)21(26)18(31-23)12-15-8-5-6-9-16(15)28-4/h5-13,20H,1-4H3/b18-12+/t20-/m1/s1. The van der Waals surface area contributed by atoms with E-state index in [2.05, 4.69) is 4.99 Å². The van der Waals surface area contributed by atoms with Gasteiger partial charge in [-0.05, 0) is 44.4 Å². The van der Waals surface area contributed by atoms with Crippen LogP contribution in [0.5, 0.6) is 5.75 Å². The molecule has 8 heteroatoms. The summed E-state index contributed by atoms with van der Waals surface area (Å²) in [6.07, 6.45) is 1.53. The lowest BCUT2D eigenvalue weighted by Gasteiger charge is -2.24. The largest absolute Gasteiger partial charge is 0.496 e. The fraction of sp³-hybridized carbons (Fsp3) is 0.261. The minimum atomic E-state index is -0.567. The lowest BCUT2D eigenvalue weighted by atomic mass is 10.0. The number of ether oxygens (including phenoxy) is 2. The van der Waals surface area contributed by atoms with Crippen LogP contribution in [0.25, 0.3) is 6.08 Å². The quantitative estimate of drug-likeness (QED) is 0.555. The van der Waals surface area contributed by atoms with Crippen molar-refractivity contribution in [2.45, 2.75) is 32.9 Å². The molecule has 0 spiro atoms. The highest BCUT2D eigenvalue weighted by atomic mass is 32.1. The van der Waals surface area contributed by atoms with Gasteiger partial charge in [0.2, 0.25) is 0 Å². The number of aromatic nitrogens is 1. The van der Waals surface area contributed by atoms with Gasteiger partial charge >= 0.3 is 5.97 Å². The predicted octanol–water partition coefficient (Wildman–Crippen LogP) is 3.26. The Balaban J connectivity index is 1.93. The molecule has 1 aliphatic rings. The van der Waals surface area contributed by atoms with Crippen molar-refractivity contribution in [3.05, 3.63) is 83.2 Å². The molecule has 3 aromatic rings. The Morgan fingerprint density at radius 3 is 2.68 bits per heavy atom. The van der Waals surface area contributed by atoms with Crippen LogP contribution in [-0.4, -0.2) is 23.8 Å². The van der Waals surface area contributed by atoms with Crippen molar-refractivity contribution in [3.63, 3.8) is 0 Å². The number of carbonyl (C=O) groups is 1. The van der Waals surface area contributed by atoms with Gasteiger partial charge < -0.3 is 9.47 Å². The predicted molar refractivity (Wildman–Crippen MR) is 122 cm³/mol. The number of hydrogen-bond donors (Lipinski definition) is 0. The van der Waals surface area contributed by atoms with Crippen molar-refractivity contribution in [2.75, 3.05) is 7.11 Å². The van der Waals surface area contributed by atoms with Crippen molar-refractivity contribution in [3.8, 4) is 5.75 Å². The molecular formula is C23H22N2O4S2. The zero-order chi connectivity index (χ0) is 22.1. The molecule has 0 saturated heterocycles. The minimum Gasteiger partial charge on any atom is -0.496 e. The van der Waals surface area contributed by atoms with Crippen molar-refractivity contribution in [1.29, 1.82) is 0 Å². The van der Waals surface area contributed by atoms with Gasteiger partial charge in [-0.1, -0.05) is 35.6 Å². The van der Waals surface area contributed by atoms with E-state index < -0.39 is 12.0 Å². The van der Waals surface area contributed by atoms with E-state index in [-0.39, 0.29) is 11.7 Å². The van der Waals surface area contributed by atoms with Crippen molar-refractivity contribution in [1.82, 2.24) is 4.57 Å². The summed E-state index contributed by atoms with van der Waals surface area (Å²) in [6, 6.07) is 10.8. The summed E-state index contributed by atoms with van der Waals surface area (Å²) in [4.78, 5) is 32.5. The molecule has 1 aromatic carbocycles. The molecule has 6 nitrogen and oxygen atoms in total. The van der Waals surface area contributed by atoms with Crippen LogP contribution in [0, 0.1) is 0 Å². The SMILES string of the molecule is COc1ccccc1/C=c1/sc2n(c1=O)[C@H](c1cccs1)C(C(=O)OC(C)C)=C(C)N=2. The molecule has 1 aliphatic heterocycles. The van der Waals surface area contributed by atoms with Crippen LogP contribution in [0.4, 0.5) is 0 Å². The van der Waals surface area contributed by atoms with Gasteiger partial charge in [0.15, 0.2) is 4.80 Å². The topological polar surface area (TPSA) is 69.9 Å². The van der Waals surface area contributed by atoms with Gasteiger partial charge in [-0.2, -0.15) is 0 Å². The third-order valence-corrected chi connectivity index (χ3v) is 6.73. The molecule has 0 radical (unpaired) electrons. The van der Waals surface area contributed by atoms with Crippen LogP contribution in [-0.2, 0) is 9.53 Å². The summed E-state index contributed by atoms with van der Waals surface area (Å²) in [5, 5.41) is 1.93. The first-order valence-corrected chi connectivity index (χ1v) is 11.5. The monoisotopic (exact) mass is 454 g/mol. The molecule has 160 valence electrons. The molecule has 0 unspecified atom stereocenters. The van der Waals surface area contributed by atoms with E-state index in [0.29, 0.717) is 26.4 Å². The van der Waals surface area contributed by atoms with E-state index in [1.165, 1.54) is 22.7 Å². The van der Waals surface area contributed by atoms with Crippen LogP contribution in [0.15, 0.2) is 62.8 Å². The number of para-hydroxylation sites is 1. The Hall–Kier alpha value is -2.97. The Bertz CT molecular complexity index is 1330. The first kappa shape index (κ1) is 21.3. The van der Waals surface area contributed by atoms with Gasteiger partial charge in [0.05, 0.1) is 29.0 Å². The first-order chi connectivity index (χ1) is 14.9. The molecule has 31 heavy (non-hydrogen) atoms. The number of allylic oxidation sites excluding steroid dienone is 1. The maximum absolute atomic E-state index is 13.5. The van der Waals surface area contributed by atoms with E-state index >= 15 is 0 Å². The molecule has 0 saturated carbocycles. The normalized spacial score (nSPS) is 16.3. The number of rotatable bonds is 5. The summed E-state index contributed by atoms with van der Waals surface area (Å²) < 4.78 is 13.0. The molecule has 0 bridgehead atoms. The third-order valence-electron chi connectivity index (χ3n) is 4.82. The van der Waals surface area contributed by atoms with Crippen molar-refractivity contribution < 1.29 is 14.3 Å². The molecule has 0 N–H and O–H groups in total. The van der Waals surface area contributed by atoms with E-state index in [9.17, 15) is 9.59 Å². The minimum absolute atomic E-state index is 0.199. The maximum Gasteiger partial charge on any atom is 0.338 e. The summed E-state index contributed by atoms with van der Waals surface area (Å²) >= 11 is 2.79. The van der Waals surface area contributed by atoms with Gasteiger partial charge in [-0.25, -0.2) is 9.79 Å². The number of nitrogens with zero attached hydrogens (tertiary/aromatic N) is 2. The Labute approximate surface area is 187 Å². The zero-order valence-corrected chi connectivity index (χ0v) is 19.3. The van der Waals surface area contributed by atoms with Crippen LogP contribution in [0.3, 0.4) is 0 Å². The second-order valence-corrected chi connectivity index (χ2v) is 9.28. The molecule has 2 aromatic heterocycles.